The maximum atomic E-state index is 15.9. The molecule has 4 aliphatic carbocycles. The number of carbonyl (C=O) groups is 1. The van der Waals surface area contributed by atoms with E-state index in [9.17, 15) is 4.79 Å². The number of amides is 1. The Hall–Kier alpha value is -0.640. The van der Waals surface area contributed by atoms with Crippen LogP contribution in [-0.4, -0.2) is 35.9 Å². The summed E-state index contributed by atoms with van der Waals surface area (Å²) in [5, 5.41) is 0. The molecular weight excluding hydrogens is 329 g/mol. The molecule has 1 saturated heterocycles. The molecule has 146 valence electrons. The first-order valence-electron chi connectivity index (χ1n) is 10.9. The van der Waals surface area contributed by atoms with Crippen LogP contribution in [0.15, 0.2) is 0 Å². The Kier molecular flexibility index (Phi) is 3.66. The molecule has 26 heavy (non-hydrogen) atoms. The molecule has 1 amide bonds. The highest BCUT2D eigenvalue weighted by atomic mass is 19.2. The smallest absolute Gasteiger partial charge is 0.222 e. The van der Waals surface area contributed by atoms with Gasteiger partial charge >= 0.3 is 0 Å². The molecule has 1 aliphatic heterocycles. The van der Waals surface area contributed by atoms with Crippen LogP contribution in [0.1, 0.15) is 78.1 Å². The van der Waals surface area contributed by atoms with Crippen molar-refractivity contribution in [2.24, 2.45) is 28.6 Å². The molecule has 7 atom stereocenters. The Labute approximate surface area is 157 Å². The van der Waals surface area contributed by atoms with Crippen molar-refractivity contribution in [2.45, 2.75) is 96.1 Å². The van der Waals surface area contributed by atoms with E-state index in [1.807, 2.05) is 11.9 Å². The number of alkyl halides is 1. The van der Waals surface area contributed by atoms with E-state index in [0.717, 1.165) is 51.4 Å². The molecule has 5 fully saturated rings. The number of piperidine rings is 1. The number of hydrogen-bond donors (Lipinski definition) is 0. The van der Waals surface area contributed by atoms with Gasteiger partial charge in [0.05, 0.1) is 6.10 Å². The zero-order valence-electron chi connectivity index (χ0n) is 16.6. The molecule has 0 radical (unpaired) electrons. The van der Waals surface area contributed by atoms with E-state index in [0.29, 0.717) is 42.5 Å². The van der Waals surface area contributed by atoms with E-state index in [2.05, 4.69) is 13.8 Å². The van der Waals surface area contributed by atoms with Crippen molar-refractivity contribution in [1.82, 2.24) is 4.90 Å². The Morgan fingerprint density at radius 2 is 1.73 bits per heavy atom. The van der Waals surface area contributed by atoms with Gasteiger partial charge in [-0.1, -0.05) is 13.8 Å². The summed E-state index contributed by atoms with van der Waals surface area (Å²) in [6.07, 6.45) is 9.84. The lowest BCUT2D eigenvalue weighted by Gasteiger charge is -2.62. The third-order valence-corrected chi connectivity index (χ3v) is 9.45. The summed E-state index contributed by atoms with van der Waals surface area (Å²) in [7, 11) is 2.00. The number of ether oxygens (including phenoxy) is 1. The molecule has 1 heterocycles. The average Bonchev–Trinajstić information content (AvgIpc) is 3.36. The lowest BCUT2D eigenvalue weighted by Crippen LogP contribution is -2.62. The highest BCUT2D eigenvalue weighted by Crippen LogP contribution is 2.68. The fraction of sp³-hybridized carbons (Fsp3) is 0.955. The summed E-state index contributed by atoms with van der Waals surface area (Å²) in [5.41, 5.74) is -0.0951. The maximum Gasteiger partial charge on any atom is 0.222 e. The predicted molar refractivity (Wildman–Crippen MR) is 98.1 cm³/mol. The molecule has 0 spiro atoms. The summed E-state index contributed by atoms with van der Waals surface area (Å²) < 4.78 is 22.0. The molecular formula is C22H34FNO2. The largest absolute Gasteiger partial charge is 0.342 e. The van der Waals surface area contributed by atoms with Gasteiger partial charge in [-0.3, -0.25) is 4.79 Å². The predicted octanol–water partition coefficient (Wildman–Crippen LogP) is 4.69. The molecule has 0 bridgehead atoms. The lowest BCUT2D eigenvalue weighted by molar-refractivity contribution is -0.241. The van der Waals surface area contributed by atoms with Gasteiger partial charge in [0.25, 0.3) is 0 Å². The standard InChI is InChI=1S/C22H34FNO2/c1-20-11-10-19(25)24(3)18(20)7-6-15-16(20)8-12-21(2)17(15)9-13-22(21,23)26-14-4-5-14/h14-18H,4-13H2,1-3H3/t15-,16-,17+,18?,20-,21+,22?/m1/s1. The van der Waals surface area contributed by atoms with Crippen LogP contribution in [-0.2, 0) is 9.53 Å². The van der Waals surface area contributed by atoms with Crippen LogP contribution in [0.4, 0.5) is 4.39 Å². The van der Waals surface area contributed by atoms with E-state index in [4.69, 9.17) is 4.74 Å². The number of likely N-dealkylation sites (tertiary alicyclic amines) is 1. The number of nitrogens with zero attached hydrogens (tertiary/aromatic N) is 1. The van der Waals surface area contributed by atoms with Crippen molar-refractivity contribution in [3.63, 3.8) is 0 Å². The first-order chi connectivity index (χ1) is 12.3. The summed E-state index contributed by atoms with van der Waals surface area (Å²) in [4.78, 5) is 14.3. The minimum Gasteiger partial charge on any atom is -0.342 e. The summed E-state index contributed by atoms with van der Waals surface area (Å²) in [6.45, 7) is 4.62. The number of rotatable bonds is 2. The van der Waals surface area contributed by atoms with Crippen molar-refractivity contribution in [2.75, 3.05) is 7.05 Å². The van der Waals surface area contributed by atoms with Gasteiger partial charge in [-0.2, -0.15) is 0 Å². The molecule has 0 aromatic rings. The Morgan fingerprint density at radius 3 is 2.46 bits per heavy atom. The molecule has 3 nitrogen and oxygen atoms in total. The fourth-order valence-corrected chi connectivity index (χ4v) is 7.74. The SMILES string of the molecule is CN1C(=O)CC[C@@]2(C)C1CC[C@@H]1[C@H]2CC[C@@]2(C)[C@H]1CCC2(F)OC1CC1. The molecule has 5 rings (SSSR count). The Morgan fingerprint density at radius 1 is 1.00 bits per heavy atom. The van der Waals surface area contributed by atoms with Gasteiger partial charge in [0.2, 0.25) is 11.8 Å². The van der Waals surface area contributed by atoms with Crippen molar-refractivity contribution in [1.29, 1.82) is 0 Å². The minimum atomic E-state index is -1.40. The normalized spacial score (nSPS) is 53.8. The highest BCUT2D eigenvalue weighted by molar-refractivity contribution is 5.77. The quantitative estimate of drug-likeness (QED) is 0.712. The van der Waals surface area contributed by atoms with Gasteiger partial charge in [-0.25, -0.2) is 4.39 Å². The van der Waals surface area contributed by atoms with Crippen LogP contribution in [0, 0.1) is 28.6 Å². The Bertz CT molecular complexity index is 621. The second kappa shape index (κ2) is 5.46. The summed E-state index contributed by atoms with van der Waals surface area (Å²) in [6, 6.07) is 0.383. The first-order valence-corrected chi connectivity index (χ1v) is 10.9. The van der Waals surface area contributed by atoms with Gasteiger partial charge in [-0.05, 0) is 74.5 Å². The Balaban J connectivity index is 1.43. The third-order valence-electron chi connectivity index (χ3n) is 9.45. The van der Waals surface area contributed by atoms with Crippen LogP contribution in [0.2, 0.25) is 0 Å². The second-order valence-electron chi connectivity index (χ2n) is 10.5. The van der Waals surface area contributed by atoms with Crippen LogP contribution >= 0.6 is 0 Å². The van der Waals surface area contributed by atoms with Crippen molar-refractivity contribution in [3.8, 4) is 0 Å². The monoisotopic (exact) mass is 363 g/mol. The van der Waals surface area contributed by atoms with E-state index >= 15 is 4.39 Å². The minimum absolute atomic E-state index is 0.180. The van der Waals surface area contributed by atoms with Gasteiger partial charge in [-0.15, -0.1) is 0 Å². The maximum absolute atomic E-state index is 15.9. The number of fused-ring (bicyclic) bond motifs is 5. The number of carbonyl (C=O) groups excluding carboxylic acids is 1. The number of hydrogen-bond acceptors (Lipinski definition) is 2. The highest BCUT2D eigenvalue weighted by Gasteiger charge is 2.67. The summed E-state index contributed by atoms with van der Waals surface area (Å²) in [5.74, 6) is 0.606. The van der Waals surface area contributed by atoms with E-state index in [1.54, 1.807) is 0 Å². The average molecular weight is 364 g/mol. The number of halogens is 1. The molecule has 0 aromatic heterocycles. The topological polar surface area (TPSA) is 29.5 Å². The van der Waals surface area contributed by atoms with Crippen molar-refractivity contribution in [3.05, 3.63) is 0 Å². The van der Waals surface area contributed by atoms with Crippen LogP contribution in [0.3, 0.4) is 0 Å². The fourth-order valence-electron chi connectivity index (χ4n) is 7.74. The van der Waals surface area contributed by atoms with Gasteiger partial charge in [0.15, 0.2) is 0 Å². The third kappa shape index (κ3) is 2.17. The lowest BCUT2D eigenvalue weighted by atomic mass is 9.47. The van der Waals surface area contributed by atoms with Gasteiger partial charge in [0.1, 0.15) is 0 Å². The molecule has 4 saturated carbocycles. The van der Waals surface area contributed by atoms with Crippen LogP contribution < -0.4 is 0 Å². The van der Waals surface area contributed by atoms with E-state index in [-0.39, 0.29) is 16.9 Å². The second-order valence-corrected chi connectivity index (χ2v) is 10.5. The van der Waals surface area contributed by atoms with Crippen LogP contribution in [0.25, 0.3) is 0 Å². The molecule has 4 heteroatoms. The molecule has 5 aliphatic rings. The van der Waals surface area contributed by atoms with Gasteiger partial charge in [0, 0.05) is 31.3 Å². The molecule has 0 aromatic carbocycles. The first kappa shape index (κ1) is 17.5. The van der Waals surface area contributed by atoms with Gasteiger partial charge < -0.3 is 9.64 Å². The molecule has 2 unspecified atom stereocenters. The zero-order valence-corrected chi connectivity index (χ0v) is 16.6. The van der Waals surface area contributed by atoms with E-state index in [1.165, 1.54) is 0 Å². The molecule has 0 N–H and O–H groups in total. The van der Waals surface area contributed by atoms with Crippen molar-refractivity contribution < 1.29 is 13.9 Å². The summed E-state index contributed by atoms with van der Waals surface area (Å²) >= 11 is 0. The van der Waals surface area contributed by atoms with Crippen molar-refractivity contribution >= 4 is 5.91 Å². The van der Waals surface area contributed by atoms with E-state index < -0.39 is 5.85 Å². The van der Waals surface area contributed by atoms with Crippen LogP contribution in [0.5, 0.6) is 0 Å². The zero-order chi connectivity index (χ0) is 18.3.